The average Bonchev–Trinajstić information content (AvgIpc) is 2.83. The summed E-state index contributed by atoms with van der Waals surface area (Å²) in [7, 11) is 1.61. The van der Waals surface area contributed by atoms with Gasteiger partial charge < -0.3 is 10.1 Å². The zero-order chi connectivity index (χ0) is 13.7. The molecule has 2 aromatic rings. The third-order valence-electron chi connectivity index (χ3n) is 2.35. The summed E-state index contributed by atoms with van der Waals surface area (Å²) in [5, 5.41) is 2.78. The second-order valence-electron chi connectivity index (χ2n) is 3.69. The van der Waals surface area contributed by atoms with Crippen molar-refractivity contribution in [2.24, 2.45) is 0 Å². The molecule has 19 heavy (non-hydrogen) atoms. The van der Waals surface area contributed by atoms with Gasteiger partial charge in [0.25, 0.3) is 0 Å². The van der Waals surface area contributed by atoms with Crippen molar-refractivity contribution >= 4 is 44.9 Å². The maximum absolute atomic E-state index is 11.7. The lowest BCUT2D eigenvalue weighted by Crippen LogP contribution is -2.07. The highest BCUT2D eigenvalue weighted by Gasteiger charge is 1.99. The van der Waals surface area contributed by atoms with Crippen molar-refractivity contribution in [1.82, 2.24) is 0 Å². The molecule has 1 aromatic heterocycles. The third kappa shape index (κ3) is 4.22. The van der Waals surface area contributed by atoms with Crippen molar-refractivity contribution in [1.29, 1.82) is 0 Å². The van der Waals surface area contributed by atoms with Crippen LogP contribution in [0.1, 0.15) is 4.88 Å². The Hall–Kier alpha value is -1.59. The minimum absolute atomic E-state index is 0.158. The minimum atomic E-state index is -0.158. The summed E-state index contributed by atoms with van der Waals surface area (Å²) >= 11 is 4.95. The predicted octanol–water partition coefficient (Wildman–Crippen LogP) is 4.17. The molecule has 0 unspecified atom stereocenters. The van der Waals surface area contributed by atoms with Gasteiger partial charge in [-0.1, -0.05) is 0 Å². The van der Waals surface area contributed by atoms with Crippen molar-refractivity contribution < 1.29 is 9.53 Å². The van der Waals surface area contributed by atoms with Crippen LogP contribution < -0.4 is 10.1 Å². The van der Waals surface area contributed by atoms with Crippen molar-refractivity contribution in [2.75, 3.05) is 12.4 Å². The summed E-state index contributed by atoms with van der Waals surface area (Å²) in [5.41, 5.74) is 0.739. The molecule has 2 rings (SSSR count). The highest BCUT2D eigenvalue weighted by molar-refractivity contribution is 9.11. The van der Waals surface area contributed by atoms with Crippen LogP contribution in [0.15, 0.2) is 46.3 Å². The number of hydrogen-bond acceptors (Lipinski definition) is 3. The van der Waals surface area contributed by atoms with Crippen LogP contribution in [-0.4, -0.2) is 13.0 Å². The molecule has 0 aliphatic heterocycles. The van der Waals surface area contributed by atoms with Crippen molar-refractivity contribution in [2.45, 2.75) is 0 Å². The van der Waals surface area contributed by atoms with E-state index in [4.69, 9.17) is 4.74 Å². The molecule has 1 amide bonds. The van der Waals surface area contributed by atoms with Crippen molar-refractivity contribution in [3.8, 4) is 5.75 Å². The molecule has 0 atom stereocenters. The number of ether oxygens (including phenoxy) is 1. The van der Waals surface area contributed by atoms with Gasteiger partial charge in [0.1, 0.15) is 5.75 Å². The number of benzene rings is 1. The van der Waals surface area contributed by atoms with Crippen molar-refractivity contribution in [3.63, 3.8) is 0 Å². The van der Waals surface area contributed by atoms with E-state index in [1.807, 2.05) is 12.1 Å². The first-order valence-electron chi connectivity index (χ1n) is 5.56. The number of amides is 1. The highest BCUT2D eigenvalue weighted by atomic mass is 79.9. The van der Waals surface area contributed by atoms with E-state index in [0.29, 0.717) is 0 Å². The fraction of sp³-hybridized carbons (Fsp3) is 0.0714. The van der Waals surface area contributed by atoms with Crippen LogP contribution in [0.25, 0.3) is 6.08 Å². The number of carbonyl (C=O) groups is 1. The van der Waals surface area contributed by atoms with Crippen LogP contribution in [0.4, 0.5) is 5.69 Å². The summed E-state index contributed by atoms with van der Waals surface area (Å²) in [6, 6.07) is 11.1. The Morgan fingerprint density at radius 3 is 2.58 bits per heavy atom. The SMILES string of the molecule is COc1ccc(NC(=O)/C=C/c2ccc(Br)s2)cc1. The number of rotatable bonds is 4. The fourth-order valence-electron chi connectivity index (χ4n) is 1.43. The van der Waals surface area contributed by atoms with Gasteiger partial charge in [0.2, 0.25) is 5.91 Å². The first-order valence-corrected chi connectivity index (χ1v) is 7.17. The number of hydrogen-bond donors (Lipinski definition) is 1. The molecule has 3 nitrogen and oxygen atoms in total. The maximum Gasteiger partial charge on any atom is 0.248 e. The minimum Gasteiger partial charge on any atom is -0.497 e. The van der Waals surface area contributed by atoms with Gasteiger partial charge in [0.05, 0.1) is 10.9 Å². The van der Waals surface area contributed by atoms with Gasteiger partial charge in [-0.15, -0.1) is 11.3 Å². The van der Waals surface area contributed by atoms with E-state index >= 15 is 0 Å². The molecule has 1 aromatic carbocycles. The van der Waals surface area contributed by atoms with E-state index in [1.54, 1.807) is 48.8 Å². The molecule has 1 heterocycles. The van der Waals surface area contributed by atoms with Crippen LogP contribution in [0, 0.1) is 0 Å². The Morgan fingerprint density at radius 1 is 1.26 bits per heavy atom. The van der Waals surface area contributed by atoms with Crippen LogP contribution in [0.2, 0.25) is 0 Å². The molecule has 0 spiro atoms. The number of thiophene rings is 1. The quantitative estimate of drug-likeness (QED) is 0.850. The van der Waals surface area contributed by atoms with Gasteiger partial charge in [-0.25, -0.2) is 0 Å². The van der Waals surface area contributed by atoms with Crippen LogP contribution >= 0.6 is 27.3 Å². The van der Waals surface area contributed by atoms with Crippen molar-refractivity contribution in [3.05, 3.63) is 51.1 Å². The van der Waals surface area contributed by atoms with Gasteiger partial charge in [0, 0.05) is 16.6 Å². The normalized spacial score (nSPS) is 10.6. The lowest BCUT2D eigenvalue weighted by atomic mass is 10.3. The van der Waals surface area contributed by atoms with Gasteiger partial charge in [-0.2, -0.15) is 0 Å². The molecule has 0 radical (unpaired) electrons. The summed E-state index contributed by atoms with van der Waals surface area (Å²) in [4.78, 5) is 12.7. The van der Waals surface area contributed by atoms with Crippen LogP contribution in [0.5, 0.6) is 5.75 Å². The zero-order valence-corrected chi connectivity index (χ0v) is 12.6. The summed E-state index contributed by atoms with van der Waals surface area (Å²) < 4.78 is 6.10. The number of carbonyl (C=O) groups excluding carboxylic acids is 1. The molecular weight excluding hydrogens is 326 g/mol. The molecule has 0 fully saturated rings. The molecular formula is C14H12BrNO2S. The third-order valence-corrected chi connectivity index (χ3v) is 3.94. The summed E-state index contributed by atoms with van der Waals surface area (Å²) in [5.74, 6) is 0.603. The lowest BCUT2D eigenvalue weighted by molar-refractivity contribution is -0.111. The molecule has 0 bridgehead atoms. The Balaban J connectivity index is 1.95. The average molecular weight is 338 g/mol. The van der Waals surface area contributed by atoms with E-state index < -0.39 is 0 Å². The maximum atomic E-state index is 11.7. The first kappa shape index (κ1) is 13.8. The van der Waals surface area contributed by atoms with E-state index in [0.717, 1.165) is 20.1 Å². The van der Waals surface area contributed by atoms with E-state index in [-0.39, 0.29) is 5.91 Å². The summed E-state index contributed by atoms with van der Waals surface area (Å²) in [6.45, 7) is 0. The monoisotopic (exact) mass is 337 g/mol. The Bertz CT molecular complexity index is 590. The van der Waals surface area contributed by atoms with Crippen LogP contribution in [-0.2, 0) is 4.79 Å². The highest BCUT2D eigenvalue weighted by Crippen LogP contribution is 2.23. The largest absolute Gasteiger partial charge is 0.497 e. The van der Waals surface area contributed by atoms with E-state index in [1.165, 1.54) is 6.08 Å². The standard InChI is InChI=1S/C14H12BrNO2S/c1-18-11-4-2-10(3-5-11)16-14(17)9-7-12-6-8-13(15)19-12/h2-9H,1H3,(H,16,17)/b9-7+. The second kappa shape index (κ2) is 6.54. The predicted molar refractivity (Wildman–Crippen MR) is 82.7 cm³/mol. The number of methoxy groups -OCH3 is 1. The molecule has 1 N–H and O–H groups in total. The summed E-state index contributed by atoms with van der Waals surface area (Å²) in [6.07, 6.45) is 3.30. The Kier molecular flexibility index (Phi) is 4.76. The van der Waals surface area contributed by atoms with Gasteiger partial charge in [-0.3, -0.25) is 4.79 Å². The molecule has 0 aliphatic carbocycles. The Labute approximate surface area is 124 Å². The van der Waals surface area contributed by atoms with Crippen LogP contribution in [0.3, 0.4) is 0 Å². The first-order chi connectivity index (χ1) is 9.17. The van der Waals surface area contributed by atoms with E-state index in [2.05, 4.69) is 21.2 Å². The zero-order valence-electron chi connectivity index (χ0n) is 10.2. The molecule has 98 valence electrons. The van der Waals surface area contributed by atoms with Gasteiger partial charge in [0.15, 0.2) is 0 Å². The molecule has 0 aliphatic rings. The number of anilines is 1. The number of nitrogens with one attached hydrogen (secondary N) is 1. The Morgan fingerprint density at radius 2 is 2.00 bits per heavy atom. The topological polar surface area (TPSA) is 38.3 Å². The van der Waals surface area contributed by atoms with E-state index in [9.17, 15) is 4.79 Å². The second-order valence-corrected chi connectivity index (χ2v) is 6.19. The molecule has 5 heteroatoms. The van der Waals surface area contributed by atoms with Gasteiger partial charge >= 0.3 is 0 Å². The lowest BCUT2D eigenvalue weighted by Gasteiger charge is -2.03. The van der Waals surface area contributed by atoms with Gasteiger partial charge in [-0.05, 0) is 58.4 Å². The number of halogens is 1. The smallest absolute Gasteiger partial charge is 0.248 e. The molecule has 0 saturated carbocycles. The fourth-order valence-corrected chi connectivity index (χ4v) is 2.76. The molecule has 0 saturated heterocycles.